The maximum Gasteiger partial charge on any atom is 0.0985 e. The predicted molar refractivity (Wildman–Crippen MR) is 95.3 cm³/mol. The Kier molecular flexibility index (Phi) is 7.89. The number of nitrogens with zero attached hydrogens (tertiary/aromatic N) is 1. The number of aromatic nitrogens is 1. The van der Waals surface area contributed by atoms with Gasteiger partial charge in [0.2, 0.25) is 0 Å². The molecule has 1 unspecified atom stereocenters. The van der Waals surface area contributed by atoms with Crippen molar-refractivity contribution in [1.82, 2.24) is 10.3 Å². The van der Waals surface area contributed by atoms with Crippen LogP contribution in [0.5, 0.6) is 0 Å². The van der Waals surface area contributed by atoms with Crippen LogP contribution < -0.4 is 5.32 Å². The molecule has 0 fully saturated rings. The van der Waals surface area contributed by atoms with Crippen LogP contribution >= 0.6 is 11.3 Å². The van der Waals surface area contributed by atoms with Crippen molar-refractivity contribution in [2.75, 3.05) is 6.54 Å². The molecule has 1 heterocycles. The van der Waals surface area contributed by atoms with Crippen LogP contribution in [0, 0.1) is 6.92 Å². The van der Waals surface area contributed by atoms with Crippen LogP contribution in [0.2, 0.25) is 0 Å². The van der Waals surface area contributed by atoms with E-state index in [1.807, 2.05) is 11.3 Å². The fourth-order valence-corrected chi connectivity index (χ4v) is 3.60. The van der Waals surface area contributed by atoms with Gasteiger partial charge in [0.15, 0.2) is 0 Å². The van der Waals surface area contributed by atoms with Gasteiger partial charge < -0.3 is 5.32 Å². The summed E-state index contributed by atoms with van der Waals surface area (Å²) in [5, 5.41) is 4.92. The molecule has 0 spiro atoms. The monoisotopic (exact) mass is 310 g/mol. The van der Waals surface area contributed by atoms with Crippen molar-refractivity contribution in [3.63, 3.8) is 0 Å². The molecule has 0 saturated heterocycles. The van der Waals surface area contributed by atoms with Crippen molar-refractivity contribution in [1.29, 1.82) is 0 Å². The van der Waals surface area contributed by atoms with Gasteiger partial charge in [-0.05, 0) is 26.8 Å². The van der Waals surface area contributed by atoms with Gasteiger partial charge >= 0.3 is 0 Å². The van der Waals surface area contributed by atoms with E-state index < -0.39 is 0 Å². The van der Waals surface area contributed by atoms with E-state index in [0.717, 1.165) is 6.54 Å². The molecule has 0 radical (unpaired) electrons. The Balaban J connectivity index is 2.35. The second kappa shape index (κ2) is 8.89. The van der Waals surface area contributed by atoms with E-state index in [1.54, 1.807) is 0 Å². The summed E-state index contributed by atoms with van der Waals surface area (Å²) in [6.07, 6.45) is 8.15. The minimum absolute atomic E-state index is 0.159. The van der Waals surface area contributed by atoms with E-state index in [1.165, 1.54) is 54.1 Å². The first-order chi connectivity index (χ1) is 9.86. The molecule has 122 valence electrons. The lowest BCUT2D eigenvalue weighted by atomic mass is 9.98. The van der Waals surface area contributed by atoms with Crippen LogP contribution in [-0.2, 0) is 5.41 Å². The average molecular weight is 311 g/mol. The highest BCUT2D eigenvalue weighted by Gasteiger charge is 2.22. The highest BCUT2D eigenvalue weighted by atomic mass is 32.1. The number of hydrogen-bond acceptors (Lipinski definition) is 3. The predicted octanol–water partition coefficient (Wildman–Crippen LogP) is 5.76. The lowest BCUT2D eigenvalue weighted by Crippen LogP contribution is -2.19. The standard InChI is InChI=1S/C18H34N2S/c1-7-8-9-10-11-12-13-19-14(2)16-15(3)20-17(21-16)18(4,5)6/h14,19H,7-13H2,1-6H3. The Labute approximate surface area is 135 Å². The molecule has 1 N–H and O–H groups in total. The van der Waals surface area contributed by atoms with Crippen LogP contribution in [0.1, 0.15) is 94.8 Å². The Bertz CT molecular complexity index is 404. The fraction of sp³-hybridized carbons (Fsp3) is 0.833. The van der Waals surface area contributed by atoms with E-state index in [2.05, 4.69) is 46.9 Å². The topological polar surface area (TPSA) is 24.9 Å². The van der Waals surface area contributed by atoms with E-state index in [4.69, 9.17) is 4.98 Å². The van der Waals surface area contributed by atoms with Crippen molar-refractivity contribution in [3.05, 3.63) is 15.6 Å². The first kappa shape index (κ1) is 18.6. The Hall–Kier alpha value is -0.410. The third kappa shape index (κ3) is 6.48. The third-order valence-corrected chi connectivity index (χ3v) is 5.61. The quantitative estimate of drug-likeness (QED) is 0.586. The summed E-state index contributed by atoms with van der Waals surface area (Å²) >= 11 is 1.88. The molecule has 3 heteroatoms. The molecule has 1 atom stereocenters. The Morgan fingerprint density at radius 1 is 1.10 bits per heavy atom. The molecule has 0 amide bonds. The SMILES string of the molecule is CCCCCCCCNC(C)c1sc(C(C)(C)C)nc1C. The van der Waals surface area contributed by atoms with Crippen molar-refractivity contribution in [2.45, 2.75) is 91.5 Å². The number of rotatable bonds is 9. The number of aryl methyl sites for hydroxylation is 1. The van der Waals surface area contributed by atoms with Gasteiger partial charge in [0.1, 0.15) is 0 Å². The van der Waals surface area contributed by atoms with Gasteiger partial charge in [-0.3, -0.25) is 0 Å². The summed E-state index contributed by atoms with van der Waals surface area (Å²) in [7, 11) is 0. The first-order valence-electron chi connectivity index (χ1n) is 8.57. The molecular formula is C18H34N2S. The minimum Gasteiger partial charge on any atom is -0.309 e. The Morgan fingerprint density at radius 2 is 1.71 bits per heavy atom. The van der Waals surface area contributed by atoms with E-state index in [9.17, 15) is 0 Å². The van der Waals surface area contributed by atoms with Gasteiger partial charge in [0.05, 0.1) is 10.7 Å². The lowest BCUT2D eigenvalue weighted by Gasteiger charge is -2.14. The molecule has 0 aromatic carbocycles. The second-order valence-electron chi connectivity index (χ2n) is 7.16. The molecule has 1 aromatic rings. The molecule has 21 heavy (non-hydrogen) atoms. The van der Waals surface area contributed by atoms with Crippen LogP contribution in [0.3, 0.4) is 0 Å². The summed E-state index contributed by atoms with van der Waals surface area (Å²) in [5.74, 6) is 0. The normalized spacial score (nSPS) is 13.6. The number of unbranched alkanes of at least 4 members (excludes halogenated alkanes) is 5. The van der Waals surface area contributed by atoms with Crippen molar-refractivity contribution < 1.29 is 0 Å². The fourth-order valence-electron chi connectivity index (χ4n) is 2.45. The minimum atomic E-state index is 0.159. The van der Waals surface area contributed by atoms with E-state index in [0.29, 0.717) is 6.04 Å². The first-order valence-corrected chi connectivity index (χ1v) is 9.39. The zero-order valence-electron chi connectivity index (χ0n) is 14.9. The summed E-state index contributed by atoms with van der Waals surface area (Å²) in [4.78, 5) is 6.17. The highest BCUT2D eigenvalue weighted by Crippen LogP contribution is 2.32. The molecule has 0 aliphatic rings. The molecule has 0 aliphatic heterocycles. The van der Waals surface area contributed by atoms with Gasteiger partial charge in [-0.15, -0.1) is 11.3 Å². The van der Waals surface area contributed by atoms with Gasteiger partial charge in [0, 0.05) is 16.3 Å². The summed E-state index contributed by atoms with van der Waals surface area (Å²) in [6, 6.07) is 0.425. The summed E-state index contributed by atoms with van der Waals surface area (Å²) < 4.78 is 0. The van der Waals surface area contributed by atoms with Crippen LogP contribution in [0.15, 0.2) is 0 Å². The number of nitrogens with one attached hydrogen (secondary N) is 1. The summed E-state index contributed by atoms with van der Waals surface area (Å²) in [5.41, 5.74) is 1.36. The highest BCUT2D eigenvalue weighted by molar-refractivity contribution is 7.12. The molecule has 1 rings (SSSR count). The number of thiazole rings is 1. The van der Waals surface area contributed by atoms with Crippen molar-refractivity contribution >= 4 is 11.3 Å². The molecular weight excluding hydrogens is 276 g/mol. The number of hydrogen-bond donors (Lipinski definition) is 1. The van der Waals surface area contributed by atoms with Crippen LogP contribution in [0.25, 0.3) is 0 Å². The average Bonchev–Trinajstić information content (AvgIpc) is 2.79. The smallest absolute Gasteiger partial charge is 0.0985 e. The van der Waals surface area contributed by atoms with Crippen molar-refractivity contribution in [2.24, 2.45) is 0 Å². The van der Waals surface area contributed by atoms with Crippen molar-refractivity contribution in [3.8, 4) is 0 Å². The second-order valence-corrected chi connectivity index (χ2v) is 8.19. The van der Waals surface area contributed by atoms with Gasteiger partial charge in [-0.1, -0.05) is 59.8 Å². The molecule has 2 nitrogen and oxygen atoms in total. The zero-order chi connectivity index (χ0) is 15.9. The molecule has 1 aromatic heterocycles. The maximum atomic E-state index is 4.76. The van der Waals surface area contributed by atoms with Gasteiger partial charge in [-0.25, -0.2) is 4.98 Å². The largest absolute Gasteiger partial charge is 0.309 e. The Morgan fingerprint density at radius 3 is 2.29 bits per heavy atom. The van der Waals surface area contributed by atoms with Gasteiger partial charge in [-0.2, -0.15) is 0 Å². The zero-order valence-corrected chi connectivity index (χ0v) is 15.7. The van der Waals surface area contributed by atoms with Crippen LogP contribution in [-0.4, -0.2) is 11.5 Å². The van der Waals surface area contributed by atoms with Crippen LogP contribution in [0.4, 0.5) is 0 Å². The lowest BCUT2D eigenvalue weighted by molar-refractivity contribution is 0.529. The van der Waals surface area contributed by atoms with E-state index >= 15 is 0 Å². The summed E-state index contributed by atoms with van der Waals surface area (Å²) in [6.45, 7) is 14.5. The third-order valence-electron chi connectivity index (χ3n) is 3.85. The molecule has 0 saturated carbocycles. The van der Waals surface area contributed by atoms with E-state index in [-0.39, 0.29) is 5.41 Å². The maximum absolute atomic E-state index is 4.76. The van der Waals surface area contributed by atoms with Gasteiger partial charge in [0.25, 0.3) is 0 Å². The molecule has 0 bridgehead atoms. The molecule has 0 aliphatic carbocycles.